The van der Waals surface area contributed by atoms with Gasteiger partial charge in [-0.25, -0.2) is 0 Å². The number of nitrogens with one attached hydrogen (secondary N) is 2. The molecule has 0 unspecified atom stereocenters. The normalized spacial score (nSPS) is 10.3. The maximum atomic E-state index is 11.7. The van der Waals surface area contributed by atoms with Gasteiger partial charge < -0.3 is 10.6 Å². The van der Waals surface area contributed by atoms with E-state index in [0.717, 1.165) is 12.1 Å². The highest BCUT2D eigenvalue weighted by Gasteiger charge is 2.01. The van der Waals surface area contributed by atoms with E-state index in [9.17, 15) is 4.79 Å². The van der Waals surface area contributed by atoms with Crippen LogP contribution in [0.25, 0.3) is 0 Å². The molecule has 0 atom stereocenters. The summed E-state index contributed by atoms with van der Waals surface area (Å²) in [6.45, 7) is 4.07. The Balaban J connectivity index is 1.60. The third-order valence-electron chi connectivity index (χ3n) is 3.19. The smallest absolute Gasteiger partial charge is 0.221 e. The number of amides is 1. The first-order valence-corrected chi connectivity index (χ1v) is 7.16. The first kappa shape index (κ1) is 15.2. The van der Waals surface area contributed by atoms with E-state index >= 15 is 0 Å². The number of carbonyl (C=O) groups is 1. The second-order valence-electron chi connectivity index (χ2n) is 5.05. The van der Waals surface area contributed by atoms with Crippen LogP contribution < -0.4 is 10.6 Å². The number of aryl methyl sites for hydroxylation is 1. The minimum atomic E-state index is 0.0512. The van der Waals surface area contributed by atoms with E-state index in [0.29, 0.717) is 19.5 Å². The molecule has 0 fully saturated rings. The highest BCUT2D eigenvalue weighted by atomic mass is 16.1. The van der Waals surface area contributed by atoms with E-state index in [2.05, 4.69) is 46.8 Å². The van der Waals surface area contributed by atoms with Gasteiger partial charge in [0, 0.05) is 38.4 Å². The highest BCUT2D eigenvalue weighted by Crippen LogP contribution is 2.02. The van der Waals surface area contributed by atoms with E-state index in [1.54, 1.807) is 12.4 Å². The summed E-state index contributed by atoms with van der Waals surface area (Å²) in [5.74, 6) is 0.0512. The highest BCUT2D eigenvalue weighted by molar-refractivity contribution is 5.76. The van der Waals surface area contributed by atoms with Crippen LogP contribution in [-0.2, 0) is 17.9 Å². The summed E-state index contributed by atoms with van der Waals surface area (Å²) in [6, 6.07) is 12.2. The van der Waals surface area contributed by atoms with Gasteiger partial charge in [0.15, 0.2) is 0 Å². The fourth-order valence-corrected chi connectivity index (χ4v) is 1.93. The number of benzene rings is 1. The Labute approximate surface area is 125 Å². The molecule has 1 aromatic carbocycles. The lowest BCUT2D eigenvalue weighted by Crippen LogP contribution is -2.27. The summed E-state index contributed by atoms with van der Waals surface area (Å²) in [7, 11) is 0. The quantitative estimate of drug-likeness (QED) is 0.766. The molecule has 2 N–H and O–H groups in total. The van der Waals surface area contributed by atoms with Crippen LogP contribution in [0.2, 0.25) is 0 Å². The topological polar surface area (TPSA) is 54.0 Å². The number of pyridine rings is 1. The van der Waals surface area contributed by atoms with Crippen LogP contribution in [0.5, 0.6) is 0 Å². The maximum absolute atomic E-state index is 11.7. The molecule has 0 bridgehead atoms. The summed E-state index contributed by atoms with van der Waals surface area (Å²) in [6.07, 6.45) is 3.96. The molecule has 0 spiro atoms. The Kier molecular flexibility index (Phi) is 5.91. The van der Waals surface area contributed by atoms with Crippen LogP contribution in [-0.4, -0.2) is 17.4 Å². The van der Waals surface area contributed by atoms with Crippen molar-refractivity contribution in [2.75, 3.05) is 6.54 Å². The van der Waals surface area contributed by atoms with Crippen molar-refractivity contribution in [1.82, 2.24) is 15.6 Å². The van der Waals surface area contributed by atoms with Gasteiger partial charge in [-0.2, -0.15) is 0 Å². The minimum Gasteiger partial charge on any atom is -0.352 e. The number of rotatable bonds is 7. The molecule has 2 aromatic rings. The predicted octanol–water partition coefficient (Wildman–Crippen LogP) is 2.19. The standard InChI is InChI=1S/C17H21N3O/c1-14-4-6-15(7-5-14)11-19-10-8-17(21)20-13-16-3-2-9-18-12-16/h2-7,9,12,19H,8,10-11,13H2,1H3,(H,20,21). The van der Waals surface area contributed by atoms with Crippen LogP contribution in [0.1, 0.15) is 23.1 Å². The van der Waals surface area contributed by atoms with Crippen molar-refractivity contribution in [1.29, 1.82) is 0 Å². The number of nitrogens with zero attached hydrogens (tertiary/aromatic N) is 1. The molecule has 1 aromatic heterocycles. The first-order chi connectivity index (χ1) is 10.2. The maximum Gasteiger partial charge on any atom is 0.221 e. The van der Waals surface area contributed by atoms with Crippen LogP contribution in [0.4, 0.5) is 0 Å². The second kappa shape index (κ2) is 8.17. The molecular formula is C17H21N3O. The summed E-state index contributed by atoms with van der Waals surface area (Å²) in [4.78, 5) is 15.7. The lowest BCUT2D eigenvalue weighted by Gasteiger charge is -2.07. The first-order valence-electron chi connectivity index (χ1n) is 7.16. The summed E-state index contributed by atoms with van der Waals surface area (Å²) in [5, 5.41) is 6.16. The average molecular weight is 283 g/mol. The van der Waals surface area contributed by atoms with E-state index in [-0.39, 0.29) is 5.91 Å². The lowest BCUT2D eigenvalue weighted by molar-refractivity contribution is -0.121. The zero-order valence-electron chi connectivity index (χ0n) is 12.3. The van der Waals surface area contributed by atoms with Gasteiger partial charge in [-0.15, -0.1) is 0 Å². The van der Waals surface area contributed by atoms with Crippen molar-refractivity contribution in [2.24, 2.45) is 0 Å². The van der Waals surface area contributed by atoms with Crippen LogP contribution in [0.3, 0.4) is 0 Å². The fraction of sp³-hybridized carbons (Fsp3) is 0.294. The Hall–Kier alpha value is -2.20. The molecule has 21 heavy (non-hydrogen) atoms. The molecule has 1 heterocycles. The molecule has 0 saturated carbocycles. The van der Waals surface area contributed by atoms with E-state index in [1.807, 2.05) is 12.1 Å². The molecule has 0 aliphatic carbocycles. The Bertz CT molecular complexity index is 552. The monoisotopic (exact) mass is 283 g/mol. The average Bonchev–Trinajstić information content (AvgIpc) is 2.52. The Morgan fingerprint density at radius 1 is 1.10 bits per heavy atom. The fourth-order valence-electron chi connectivity index (χ4n) is 1.93. The van der Waals surface area contributed by atoms with Gasteiger partial charge in [-0.05, 0) is 24.1 Å². The van der Waals surface area contributed by atoms with Gasteiger partial charge in [-0.1, -0.05) is 35.9 Å². The Morgan fingerprint density at radius 3 is 2.62 bits per heavy atom. The van der Waals surface area contributed by atoms with E-state index in [4.69, 9.17) is 0 Å². The molecule has 0 radical (unpaired) electrons. The number of aromatic nitrogens is 1. The second-order valence-corrected chi connectivity index (χ2v) is 5.05. The van der Waals surface area contributed by atoms with Gasteiger partial charge in [0.1, 0.15) is 0 Å². The molecule has 4 heteroatoms. The van der Waals surface area contributed by atoms with Crippen LogP contribution >= 0.6 is 0 Å². The van der Waals surface area contributed by atoms with Crippen molar-refractivity contribution in [3.8, 4) is 0 Å². The zero-order chi connectivity index (χ0) is 14.9. The van der Waals surface area contributed by atoms with Crippen molar-refractivity contribution in [2.45, 2.75) is 26.4 Å². The Morgan fingerprint density at radius 2 is 1.90 bits per heavy atom. The third-order valence-corrected chi connectivity index (χ3v) is 3.19. The molecular weight excluding hydrogens is 262 g/mol. The van der Waals surface area contributed by atoms with Crippen molar-refractivity contribution in [3.05, 3.63) is 65.5 Å². The van der Waals surface area contributed by atoms with Crippen molar-refractivity contribution < 1.29 is 4.79 Å². The summed E-state index contributed by atoms with van der Waals surface area (Å²) >= 11 is 0. The van der Waals surface area contributed by atoms with Crippen LogP contribution in [0, 0.1) is 6.92 Å². The van der Waals surface area contributed by atoms with Gasteiger partial charge in [0.05, 0.1) is 0 Å². The van der Waals surface area contributed by atoms with E-state index < -0.39 is 0 Å². The van der Waals surface area contributed by atoms with Crippen molar-refractivity contribution in [3.63, 3.8) is 0 Å². The van der Waals surface area contributed by atoms with Gasteiger partial charge in [-0.3, -0.25) is 9.78 Å². The predicted molar refractivity (Wildman–Crippen MR) is 83.6 cm³/mol. The number of carbonyl (C=O) groups excluding carboxylic acids is 1. The lowest BCUT2D eigenvalue weighted by atomic mass is 10.1. The van der Waals surface area contributed by atoms with Gasteiger partial charge in [0.25, 0.3) is 0 Å². The minimum absolute atomic E-state index is 0.0512. The van der Waals surface area contributed by atoms with Gasteiger partial charge >= 0.3 is 0 Å². The SMILES string of the molecule is Cc1ccc(CNCCC(=O)NCc2cccnc2)cc1. The van der Waals surface area contributed by atoms with Gasteiger partial charge in [0.2, 0.25) is 5.91 Å². The van der Waals surface area contributed by atoms with Crippen LogP contribution in [0.15, 0.2) is 48.8 Å². The molecule has 2 rings (SSSR count). The third kappa shape index (κ3) is 5.75. The summed E-state index contributed by atoms with van der Waals surface area (Å²) in [5.41, 5.74) is 3.50. The summed E-state index contributed by atoms with van der Waals surface area (Å²) < 4.78 is 0. The van der Waals surface area contributed by atoms with E-state index in [1.165, 1.54) is 11.1 Å². The molecule has 1 amide bonds. The molecule has 0 aliphatic heterocycles. The molecule has 0 aliphatic rings. The molecule has 0 saturated heterocycles. The van der Waals surface area contributed by atoms with Crippen molar-refractivity contribution >= 4 is 5.91 Å². The zero-order valence-corrected chi connectivity index (χ0v) is 12.3. The largest absolute Gasteiger partial charge is 0.352 e. The number of hydrogen-bond donors (Lipinski definition) is 2. The molecule has 110 valence electrons. The molecule has 4 nitrogen and oxygen atoms in total. The number of hydrogen-bond acceptors (Lipinski definition) is 3.